The van der Waals surface area contributed by atoms with Gasteiger partial charge in [-0.25, -0.2) is 4.68 Å². The summed E-state index contributed by atoms with van der Waals surface area (Å²) < 4.78 is 1.79. The number of nitrogens with zero attached hydrogens (tertiary/aromatic N) is 3. The van der Waals surface area contributed by atoms with Crippen LogP contribution in [0.15, 0.2) is 36.4 Å². The largest absolute Gasteiger partial charge is 0.342 e. The van der Waals surface area contributed by atoms with Crippen molar-refractivity contribution in [1.29, 1.82) is 0 Å². The van der Waals surface area contributed by atoms with E-state index in [0.717, 1.165) is 11.3 Å². The number of hydrogen-bond acceptors (Lipinski definition) is 3. The summed E-state index contributed by atoms with van der Waals surface area (Å²) in [7, 11) is 0. The van der Waals surface area contributed by atoms with Crippen molar-refractivity contribution in [3.05, 3.63) is 47.7 Å². The molecule has 1 atom stereocenters. The Morgan fingerprint density at radius 3 is 2.75 bits per heavy atom. The zero-order valence-corrected chi connectivity index (χ0v) is 14.0. The summed E-state index contributed by atoms with van der Waals surface area (Å²) in [5.74, 6) is 0.307. The molecule has 3 rings (SSSR count). The number of likely N-dealkylation sites (tertiary alicyclic amines) is 1. The van der Waals surface area contributed by atoms with E-state index in [2.05, 4.69) is 10.4 Å². The zero-order valence-electron chi connectivity index (χ0n) is 14.0. The van der Waals surface area contributed by atoms with Crippen LogP contribution in [-0.2, 0) is 16.1 Å². The molecule has 0 bridgehead atoms. The molecule has 0 spiro atoms. The smallest absolute Gasteiger partial charge is 0.230 e. The average Bonchev–Trinajstić information content (AvgIpc) is 3.11. The molecule has 1 aromatic heterocycles. The molecule has 2 amide bonds. The van der Waals surface area contributed by atoms with Gasteiger partial charge in [-0.05, 0) is 19.4 Å². The first-order valence-electron chi connectivity index (χ1n) is 8.24. The Morgan fingerprint density at radius 2 is 2.08 bits per heavy atom. The number of rotatable bonds is 5. The number of carbonyl (C=O) groups excluding carboxylic acids is 2. The monoisotopic (exact) mass is 326 g/mol. The Labute approximate surface area is 141 Å². The number of anilines is 1. The second-order valence-electron chi connectivity index (χ2n) is 6.14. The minimum absolute atomic E-state index is 0.0478. The molecule has 126 valence electrons. The second-order valence-corrected chi connectivity index (χ2v) is 6.14. The van der Waals surface area contributed by atoms with E-state index in [1.54, 1.807) is 9.58 Å². The zero-order chi connectivity index (χ0) is 17.1. The fourth-order valence-electron chi connectivity index (χ4n) is 3.00. The van der Waals surface area contributed by atoms with Crippen LogP contribution in [0, 0.1) is 12.8 Å². The topological polar surface area (TPSA) is 67.2 Å². The van der Waals surface area contributed by atoms with Crippen LogP contribution >= 0.6 is 0 Å². The van der Waals surface area contributed by atoms with E-state index in [9.17, 15) is 9.59 Å². The van der Waals surface area contributed by atoms with Gasteiger partial charge in [-0.3, -0.25) is 9.59 Å². The molecule has 6 heteroatoms. The van der Waals surface area contributed by atoms with Crippen LogP contribution in [0.5, 0.6) is 0 Å². The van der Waals surface area contributed by atoms with Crippen molar-refractivity contribution in [2.75, 3.05) is 18.4 Å². The van der Waals surface area contributed by atoms with Crippen molar-refractivity contribution < 1.29 is 9.59 Å². The molecule has 1 aliphatic rings. The Kier molecular flexibility index (Phi) is 4.64. The molecule has 1 saturated heterocycles. The number of aryl methyl sites for hydroxylation is 1. The molecule has 0 unspecified atom stereocenters. The van der Waals surface area contributed by atoms with Gasteiger partial charge in [-0.15, -0.1) is 0 Å². The molecule has 2 aromatic rings. The third-order valence-corrected chi connectivity index (χ3v) is 4.30. The molecule has 6 nitrogen and oxygen atoms in total. The number of nitrogens with one attached hydrogen (secondary N) is 1. The van der Waals surface area contributed by atoms with Crippen molar-refractivity contribution in [3.8, 4) is 0 Å². The van der Waals surface area contributed by atoms with Crippen LogP contribution < -0.4 is 5.32 Å². The number of carbonyl (C=O) groups is 2. The van der Waals surface area contributed by atoms with Crippen LogP contribution in [0.1, 0.15) is 24.6 Å². The van der Waals surface area contributed by atoms with E-state index in [1.165, 1.54) is 0 Å². The number of amides is 2. The maximum atomic E-state index is 12.5. The minimum atomic E-state index is -0.294. The lowest BCUT2D eigenvalue weighted by Gasteiger charge is -2.14. The fraction of sp³-hybridized carbons (Fsp3) is 0.389. The van der Waals surface area contributed by atoms with Crippen molar-refractivity contribution >= 4 is 17.6 Å². The molecule has 0 saturated carbocycles. The standard InChI is InChI=1S/C18H22N4O2/c1-3-21-12-15(10-17(21)23)18(24)19-16-9-13(2)20-22(16)11-14-7-5-4-6-8-14/h4-9,15H,3,10-12H2,1-2H3,(H,19,24)/t15-/m0/s1. The first kappa shape index (κ1) is 16.2. The summed E-state index contributed by atoms with van der Waals surface area (Å²) in [4.78, 5) is 26.0. The molecule has 1 fully saturated rings. The molecule has 0 radical (unpaired) electrons. The van der Waals surface area contributed by atoms with E-state index in [4.69, 9.17) is 0 Å². The molecular weight excluding hydrogens is 304 g/mol. The van der Waals surface area contributed by atoms with Gasteiger partial charge in [0.1, 0.15) is 5.82 Å². The van der Waals surface area contributed by atoms with Gasteiger partial charge in [0.25, 0.3) is 0 Å². The molecule has 24 heavy (non-hydrogen) atoms. The van der Waals surface area contributed by atoms with E-state index in [-0.39, 0.29) is 24.2 Å². The van der Waals surface area contributed by atoms with Gasteiger partial charge in [0.15, 0.2) is 0 Å². The molecule has 1 aromatic carbocycles. The number of aromatic nitrogens is 2. The Balaban J connectivity index is 1.71. The van der Waals surface area contributed by atoms with Gasteiger partial charge in [-0.1, -0.05) is 30.3 Å². The van der Waals surface area contributed by atoms with Crippen LogP contribution in [-0.4, -0.2) is 39.6 Å². The van der Waals surface area contributed by atoms with Crippen molar-refractivity contribution in [2.24, 2.45) is 5.92 Å². The molecule has 1 aliphatic heterocycles. The SMILES string of the molecule is CCN1C[C@@H](C(=O)Nc2cc(C)nn2Cc2ccccc2)CC1=O. The van der Waals surface area contributed by atoms with Gasteiger partial charge in [0.05, 0.1) is 18.2 Å². The Hall–Kier alpha value is -2.63. The maximum Gasteiger partial charge on any atom is 0.230 e. The van der Waals surface area contributed by atoms with Gasteiger partial charge >= 0.3 is 0 Å². The third kappa shape index (κ3) is 3.48. The van der Waals surface area contributed by atoms with E-state index in [1.807, 2.05) is 50.2 Å². The first-order valence-corrected chi connectivity index (χ1v) is 8.24. The van der Waals surface area contributed by atoms with Crippen molar-refractivity contribution in [1.82, 2.24) is 14.7 Å². The van der Waals surface area contributed by atoms with E-state index >= 15 is 0 Å². The van der Waals surface area contributed by atoms with Crippen LogP contribution in [0.4, 0.5) is 5.82 Å². The summed E-state index contributed by atoms with van der Waals surface area (Å²) in [6.07, 6.45) is 0.283. The van der Waals surface area contributed by atoms with Gasteiger partial charge in [-0.2, -0.15) is 5.10 Å². The first-order chi connectivity index (χ1) is 11.6. The lowest BCUT2D eigenvalue weighted by atomic mass is 10.1. The molecule has 1 N–H and O–H groups in total. The summed E-state index contributed by atoms with van der Waals surface area (Å²) >= 11 is 0. The predicted octanol–water partition coefficient (Wildman–Crippen LogP) is 2.05. The van der Waals surface area contributed by atoms with Gasteiger partial charge in [0.2, 0.25) is 11.8 Å². The number of hydrogen-bond donors (Lipinski definition) is 1. The number of benzene rings is 1. The maximum absolute atomic E-state index is 12.5. The summed E-state index contributed by atoms with van der Waals surface area (Å²) in [6.45, 7) is 5.56. The quantitative estimate of drug-likeness (QED) is 0.914. The summed E-state index contributed by atoms with van der Waals surface area (Å²) in [5.41, 5.74) is 1.96. The summed E-state index contributed by atoms with van der Waals surface area (Å²) in [5, 5.41) is 7.40. The van der Waals surface area contributed by atoms with E-state index in [0.29, 0.717) is 25.5 Å². The highest BCUT2D eigenvalue weighted by Gasteiger charge is 2.33. The highest BCUT2D eigenvalue weighted by molar-refractivity contribution is 5.96. The second kappa shape index (κ2) is 6.86. The highest BCUT2D eigenvalue weighted by Crippen LogP contribution is 2.20. The lowest BCUT2D eigenvalue weighted by molar-refractivity contribution is -0.128. The van der Waals surface area contributed by atoms with Crippen molar-refractivity contribution in [3.63, 3.8) is 0 Å². The normalized spacial score (nSPS) is 17.3. The lowest BCUT2D eigenvalue weighted by Crippen LogP contribution is -2.28. The highest BCUT2D eigenvalue weighted by atomic mass is 16.2. The van der Waals surface area contributed by atoms with E-state index < -0.39 is 0 Å². The predicted molar refractivity (Wildman–Crippen MR) is 91.5 cm³/mol. The fourth-order valence-corrected chi connectivity index (χ4v) is 3.00. The molecule has 0 aliphatic carbocycles. The van der Waals surface area contributed by atoms with Crippen molar-refractivity contribution in [2.45, 2.75) is 26.8 Å². The van der Waals surface area contributed by atoms with Crippen LogP contribution in [0.2, 0.25) is 0 Å². The Bertz CT molecular complexity index is 739. The molecular formula is C18H22N4O2. The average molecular weight is 326 g/mol. The Morgan fingerprint density at radius 1 is 1.33 bits per heavy atom. The third-order valence-electron chi connectivity index (χ3n) is 4.30. The van der Waals surface area contributed by atoms with Gasteiger partial charge in [0, 0.05) is 25.6 Å². The minimum Gasteiger partial charge on any atom is -0.342 e. The summed E-state index contributed by atoms with van der Waals surface area (Å²) in [6, 6.07) is 11.8. The van der Waals surface area contributed by atoms with Gasteiger partial charge < -0.3 is 10.2 Å². The molecule has 2 heterocycles. The van der Waals surface area contributed by atoms with Crippen LogP contribution in [0.3, 0.4) is 0 Å². The van der Waals surface area contributed by atoms with Crippen LogP contribution in [0.25, 0.3) is 0 Å².